The summed E-state index contributed by atoms with van der Waals surface area (Å²) >= 11 is 12.2. The first-order valence-corrected chi connectivity index (χ1v) is 6.01. The number of nitrogens with two attached hydrogens (primary N) is 1. The van der Waals surface area contributed by atoms with Crippen LogP contribution in [0.5, 0.6) is 0 Å². The van der Waals surface area contributed by atoms with Crippen molar-refractivity contribution in [3.8, 4) is 0 Å². The quantitative estimate of drug-likeness (QED) is 0.639. The molecule has 2 nitrogen and oxygen atoms in total. The van der Waals surface area contributed by atoms with Crippen LogP contribution >= 0.6 is 23.2 Å². The summed E-state index contributed by atoms with van der Waals surface area (Å²) in [5.74, 6) is 5.58. The van der Waals surface area contributed by atoms with Gasteiger partial charge in [0, 0.05) is 6.04 Å². The van der Waals surface area contributed by atoms with Crippen LogP contribution in [0, 0.1) is 5.41 Å². The van der Waals surface area contributed by atoms with Gasteiger partial charge in [0.2, 0.25) is 0 Å². The van der Waals surface area contributed by atoms with Gasteiger partial charge in [0.25, 0.3) is 0 Å². The van der Waals surface area contributed by atoms with Gasteiger partial charge in [0.05, 0.1) is 10.0 Å². The fraction of sp³-hybridized carbons (Fsp3) is 0.500. The molecule has 0 aliphatic heterocycles. The first-order chi connectivity index (χ1) is 7.35. The van der Waals surface area contributed by atoms with Gasteiger partial charge in [-0.15, -0.1) is 0 Å². The maximum atomic E-state index is 6.17. The molecule has 1 unspecified atom stereocenters. The highest BCUT2D eigenvalue weighted by Gasteiger charge is 2.21. The first kappa shape index (κ1) is 13.8. The number of rotatable bonds is 3. The van der Waals surface area contributed by atoms with Crippen molar-refractivity contribution in [1.82, 2.24) is 5.43 Å². The zero-order valence-corrected chi connectivity index (χ0v) is 11.4. The van der Waals surface area contributed by atoms with E-state index in [0.717, 1.165) is 12.0 Å². The van der Waals surface area contributed by atoms with Gasteiger partial charge in [-0.2, -0.15) is 0 Å². The number of hydrazine groups is 1. The minimum absolute atomic E-state index is 0.0196. The molecule has 0 aliphatic carbocycles. The van der Waals surface area contributed by atoms with Crippen molar-refractivity contribution in [3.63, 3.8) is 0 Å². The molecule has 0 saturated carbocycles. The smallest absolute Gasteiger partial charge is 0.0640 e. The SMILES string of the molecule is CC(C)(C)CC(NN)c1cccc(Cl)c1Cl. The lowest BCUT2D eigenvalue weighted by Gasteiger charge is -2.26. The normalized spacial score (nSPS) is 13.9. The van der Waals surface area contributed by atoms with Crippen LogP contribution in [0.3, 0.4) is 0 Å². The average Bonchev–Trinajstić information content (AvgIpc) is 2.18. The van der Waals surface area contributed by atoms with Crippen LogP contribution in [0.4, 0.5) is 0 Å². The molecular weight excluding hydrogens is 243 g/mol. The zero-order valence-electron chi connectivity index (χ0n) is 9.85. The molecule has 0 bridgehead atoms. The molecule has 1 rings (SSSR count). The molecule has 1 atom stereocenters. The van der Waals surface area contributed by atoms with Crippen molar-refractivity contribution in [2.75, 3.05) is 0 Å². The lowest BCUT2D eigenvalue weighted by molar-refractivity contribution is 0.313. The molecule has 4 heteroatoms. The topological polar surface area (TPSA) is 38.0 Å². The van der Waals surface area contributed by atoms with E-state index >= 15 is 0 Å². The number of hydrogen-bond donors (Lipinski definition) is 2. The van der Waals surface area contributed by atoms with Gasteiger partial charge in [0.1, 0.15) is 0 Å². The number of halogens is 2. The second-order valence-electron chi connectivity index (χ2n) is 5.13. The van der Waals surface area contributed by atoms with Gasteiger partial charge in [-0.3, -0.25) is 11.3 Å². The van der Waals surface area contributed by atoms with E-state index in [1.54, 1.807) is 6.07 Å². The Morgan fingerprint density at radius 3 is 2.44 bits per heavy atom. The summed E-state index contributed by atoms with van der Waals surface area (Å²) in [5, 5.41) is 1.14. The van der Waals surface area contributed by atoms with Crippen LogP contribution in [0.2, 0.25) is 10.0 Å². The van der Waals surface area contributed by atoms with Gasteiger partial charge in [-0.05, 0) is 23.5 Å². The maximum absolute atomic E-state index is 6.17. The summed E-state index contributed by atoms with van der Waals surface area (Å²) in [5.41, 5.74) is 3.92. The number of nitrogens with one attached hydrogen (secondary N) is 1. The Labute approximate surface area is 107 Å². The molecule has 0 spiro atoms. The second-order valence-corrected chi connectivity index (χ2v) is 5.91. The third kappa shape index (κ3) is 3.63. The van der Waals surface area contributed by atoms with Crippen LogP contribution in [-0.4, -0.2) is 0 Å². The molecule has 0 heterocycles. The van der Waals surface area contributed by atoms with Crippen LogP contribution < -0.4 is 11.3 Å². The molecule has 3 N–H and O–H groups in total. The minimum Gasteiger partial charge on any atom is -0.271 e. The largest absolute Gasteiger partial charge is 0.271 e. The van der Waals surface area contributed by atoms with Crippen molar-refractivity contribution < 1.29 is 0 Å². The second kappa shape index (κ2) is 5.37. The van der Waals surface area contributed by atoms with E-state index < -0.39 is 0 Å². The van der Waals surface area contributed by atoms with E-state index in [4.69, 9.17) is 29.0 Å². The Bertz CT molecular complexity index is 359. The van der Waals surface area contributed by atoms with E-state index in [1.807, 2.05) is 12.1 Å². The molecule has 0 aromatic heterocycles. The van der Waals surface area contributed by atoms with Crippen molar-refractivity contribution in [2.24, 2.45) is 11.3 Å². The van der Waals surface area contributed by atoms with Crippen LogP contribution in [0.25, 0.3) is 0 Å². The molecule has 0 fully saturated rings. The molecule has 0 amide bonds. The standard InChI is InChI=1S/C12H18Cl2N2/c1-12(2,3)7-10(16-15)8-5-4-6-9(13)11(8)14/h4-6,10,16H,7,15H2,1-3H3. The van der Waals surface area contributed by atoms with Gasteiger partial charge >= 0.3 is 0 Å². The Morgan fingerprint density at radius 1 is 1.31 bits per heavy atom. The summed E-state index contributed by atoms with van der Waals surface area (Å²) in [4.78, 5) is 0. The number of benzene rings is 1. The summed E-state index contributed by atoms with van der Waals surface area (Å²) in [7, 11) is 0. The van der Waals surface area contributed by atoms with E-state index in [2.05, 4.69) is 26.2 Å². The van der Waals surface area contributed by atoms with E-state index in [9.17, 15) is 0 Å². The van der Waals surface area contributed by atoms with Crippen LogP contribution in [0.15, 0.2) is 18.2 Å². The van der Waals surface area contributed by atoms with Gasteiger partial charge < -0.3 is 0 Å². The average molecular weight is 261 g/mol. The number of hydrogen-bond acceptors (Lipinski definition) is 2. The molecular formula is C12H18Cl2N2. The van der Waals surface area contributed by atoms with E-state index in [-0.39, 0.29) is 11.5 Å². The van der Waals surface area contributed by atoms with E-state index in [1.165, 1.54) is 0 Å². The molecule has 16 heavy (non-hydrogen) atoms. The molecule has 1 aromatic rings. The Kier molecular flexibility index (Phi) is 4.62. The maximum Gasteiger partial charge on any atom is 0.0640 e. The molecule has 0 radical (unpaired) electrons. The highest BCUT2D eigenvalue weighted by atomic mass is 35.5. The molecule has 1 aromatic carbocycles. The predicted molar refractivity (Wildman–Crippen MR) is 70.6 cm³/mol. The van der Waals surface area contributed by atoms with Gasteiger partial charge in [-0.1, -0.05) is 56.1 Å². The zero-order chi connectivity index (χ0) is 12.3. The lowest BCUT2D eigenvalue weighted by atomic mass is 9.86. The third-order valence-electron chi connectivity index (χ3n) is 2.37. The van der Waals surface area contributed by atoms with Crippen molar-refractivity contribution >= 4 is 23.2 Å². The predicted octanol–water partition coefficient (Wildman–Crippen LogP) is 3.93. The summed E-state index contributed by atoms with van der Waals surface area (Å²) in [6, 6.07) is 5.63. The fourth-order valence-electron chi connectivity index (χ4n) is 1.66. The van der Waals surface area contributed by atoms with Gasteiger partial charge in [0.15, 0.2) is 0 Å². The van der Waals surface area contributed by atoms with Crippen LogP contribution in [-0.2, 0) is 0 Å². The Balaban J connectivity index is 3.00. The summed E-state index contributed by atoms with van der Waals surface area (Å²) in [6.45, 7) is 6.49. The third-order valence-corrected chi connectivity index (χ3v) is 3.21. The Hall–Kier alpha value is -0.280. The summed E-state index contributed by atoms with van der Waals surface area (Å²) in [6.07, 6.45) is 0.892. The minimum atomic E-state index is 0.0196. The van der Waals surface area contributed by atoms with Crippen LogP contribution in [0.1, 0.15) is 38.8 Å². The molecule has 0 aliphatic rings. The highest BCUT2D eigenvalue weighted by molar-refractivity contribution is 6.42. The fourth-order valence-corrected chi connectivity index (χ4v) is 2.10. The van der Waals surface area contributed by atoms with Gasteiger partial charge in [-0.25, -0.2) is 0 Å². The first-order valence-electron chi connectivity index (χ1n) is 5.25. The Morgan fingerprint density at radius 2 is 1.94 bits per heavy atom. The highest BCUT2D eigenvalue weighted by Crippen LogP contribution is 2.35. The molecule has 90 valence electrons. The van der Waals surface area contributed by atoms with E-state index in [0.29, 0.717) is 10.0 Å². The lowest BCUT2D eigenvalue weighted by Crippen LogP contribution is -2.31. The molecule has 0 saturated heterocycles. The van der Waals surface area contributed by atoms with Crippen molar-refractivity contribution in [3.05, 3.63) is 33.8 Å². The van der Waals surface area contributed by atoms with Crippen molar-refractivity contribution in [2.45, 2.75) is 33.2 Å². The summed E-state index contributed by atoms with van der Waals surface area (Å²) < 4.78 is 0. The monoisotopic (exact) mass is 260 g/mol. The van der Waals surface area contributed by atoms with Crippen molar-refractivity contribution in [1.29, 1.82) is 0 Å².